The Balaban J connectivity index is 2.46. The lowest BCUT2D eigenvalue weighted by Gasteiger charge is -2.29. The van der Waals surface area contributed by atoms with Crippen LogP contribution in [-0.4, -0.2) is 39.7 Å². The van der Waals surface area contributed by atoms with E-state index in [1.165, 1.54) is 0 Å². The molecule has 0 unspecified atom stereocenters. The molecule has 124 valence electrons. The fourth-order valence-electron chi connectivity index (χ4n) is 2.45. The first-order chi connectivity index (χ1) is 10.8. The van der Waals surface area contributed by atoms with Crippen molar-refractivity contribution in [1.29, 1.82) is 0 Å². The summed E-state index contributed by atoms with van der Waals surface area (Å²) in [4.78, 5) is 3.74. The van der Waals surface area contributed by atoms with E-state index in [-0.39, 0.29) is 11.1 Å². The Morgan fingerprint density at radius 1 is 0.739 bits per heavy atom. The van der Waals surface area contributed by atoms with Gasteiger partial charge in [0.2, 0.25) is 0 Å². The summed E-state index contributed by atoms with van der Waals surface area (Å²) in [7, 11) is 7.48. The average molecular weight is 320 g/mol. The summed E-state index contributed by atoms with van der Waals surface area (Å²) in [5, 5.41) is 10.7. The van der Waals surface area contributed by atoms with Crippen molar-refractivity contribution in [1.82, 2.24) is 0 Å². The summed E-state index contributed by atoms with van der Waals surface area (Å²) in [6.45, 7) is 0. The summed E-state index contributed by atoms with van der Waals surface area (Å²) in [5.74, 6) is 0. The Kier molecular flexibility index (Phi) is 4.90. The van der Waals surface area contributed by atoms with E-state index in [9.17, 15) is 13.9 Å². The molecule has 2 rings (SSSR count). The van der Waals surface area contributed by atoms with Crippen LogP contribution in [0.1, 0.15) is 11.1 Å². The molecule has 0 saturated heterocycles. The number of benzene rings is 2. The van der Waals surface area contributed by atoms with Gasteiger partial charge in [-0.15, -0.1) is 0 Å². The van der Waals surface area contributed by atoms with E-state index in [4.69, 9.17) is 0 Å². The molecule has 5 heteroatoms. The predicted octanol–water partition coefficient (Wildman–Crippen LogP) is 3.32. The molecule has 23 heavy (non-hydrogen) atoms. The molecule has 2 aromatic carbocycles. The lowest BCUT2D eigenvalue weighted by Crippen LogP contribution is -2.35. The molecule has 0 amide bonds. The molecule has 3 nitrogen and oxygen atoms in total. The Hall–Kier alpha value is -2.14. The fraction of sp³-hybridized carbons (Fsp3) is 0.333. The Bertz CT molecular complexity index is 586. The van der Waals surface area contributed by atoms with Gasteiger partial charge in [-0.3, -0.25) is 0 Å². The monoisotopic (exact) mass is 320 g/mol. The third-order valence-electron chi connectivity index (χ3n) is 3.96. The van der Waals surface area contributed by atoms with E-state index in [1.807, 2.05) is 38.0 Å². The van der Waals surface area contributed by atoms with E-state index in [0.29, 0.717) is 0 Å². The van der Waals surface area contributed by atoms with Crippen molar-refractivity contribution in [2.24, 2.45) is 0 Å². The third kappa shape index (κ3) is 3.29. The maximum atomic E-state index is 13.7. The van der Waals surface area contributed by atoms with E-state index >= 15 is 0 Å². The van der Waals surface area contributed by atoms with Gasteiger partial charge in [-0.1, -0.05) is 24.3 Å². The summed E-state index contributed by atoms with van der Waals surface area (Å²) in [6, 6.07) is 13.0. The van der Waals surface area contributed by atoms with Crippen LogP contribution < -0.4 is 9.80 Å². The van der Waals surface area contributed by atoms with Crippen molar-refractivity contribution >= 4 is 11.4 Å². The molecule has 1 N–H and O–H groups in total. The molecule has 0 saturated carbocycles. The highest BCUT2D eigenvalue weighted by molar-refractivity contribution is 5.51. The van der Waals surface area contributed by atoms with Gasteiger partial charge in [0.05, 0.1) is 0 Å². The second-order valence-electron chi connectivity index (χ2n) is 5.95. The van der Waals surface area contributed by atoms with Crippen LogP contribution in [0.4, 0.5) is 20.2 Å². The minimum Gasteiger partial charge on any atom is -0.378 e. The van der Waals surface area contributed by atoms with Crippen LogP contribution >= 0.6 is 0 Å². The molecular weight excluding hydrogens is 298 g/mol. The summed E-state index contributed by atoms with van der Waals surface area (Å²) in [5.41, 5.74) is -0.205. The van der Waals surface area contributed by atoms with Crippen molar-refractivity contribution in [2.75, 3.05) is 38.0 Å². The number of hydrogen-bond donors (Lipinski definition) is 1. The van der Waals surface area contributed by atoms with Crippen LogP contribution in [-0.2, 0) is 5.60 Å². The van der Waals surface area contributed by atoms with Gasteiger partial charge < -0.3 is 14.9 Å². The molecule has 0 aromatic heterocycles. The number of alkyl halides is 2. The highest BCUT2D eigenvalue weighted by atomic mass is 19.3. The molecule has 0 spiro atoms. The molecule has 0 fully saturated rings. The first-order valence-corrected chi connectivity index (χ1v) is 7.33. The lowest BCUT2D eigenvalue weighted by atomic mass is 9.86. The SMILES string of the molecule is CN(C)c1ccc(C(O)(c2ccc(N(C)C)cc2)C(F)F)cc1. The standard InChI is InChI=1S/C18H22F2N2O/c1-21(2)15-9-5-13(6-10-15)18(23,17(19)20)14-7-11-16(12-8-14)22(3)4/h5-12,17,23H,1-4H3. The normalized spacial score (nSPS) is 11.7. The number of halogens is 2. The van der Waals surface area contributed by atoms with Crippen molar-refractivity contribution < 1.29 is 13.9 Å². The van der Waals surface area contributed by atoms with Crippen LogP contribution in [0, 0.1) is 0 Å². The largest absolute Gasteiger partial charge is 0.378 e. The van der Waals surface area contributed by atoms with Gasteiger partial charge in [0.15, 0.2) is 5.60 Å². The van der Waals surface area contributed by atoms with Crippen LogP contribution in [0.3, 0.4) is 0 Å². The molecule has 0 bridgehead atoms. The topological polar surface area (TPSA) is 26.7 Å². The summed E-state index contributed by atoms with van der Waals surface area (Å²) >= 11 is 0. The van der Waals surface area contributed by atoms with Gasteiger partial charge in [-0.25, -0.2) is 8.78 Å². The lowest BCUT2D eigenvalue weighted by molar-refractivity contribution is -0.0717. The Morgan fingerprint density at radius 3 is 1.26 bits per heavy atom. The Labute approximate surface area is 135 Å². The summed E-state index contributed by atoms with van der Waals surface area (Å²) < 4.78 is 27.4. The minimum atomic E-state index is -2.93. The summed E-state index contributed by atoms with van der Waals surface area (Å²) in [6.07, 6.45) is -2.93. The first-order valence-electron chi connectivity index (χ1n) is 7.33. The smallest absolute Gasteiger partial charge is 0.275 e. The van der Waals surface area contributed by atoms with Gasteiger partial charge in [-0.2, -0.15) is 0 Å². The maximum Gasteiger partial charge on any atom is 0.275 e. The molecule has 2 aromatic rings. The van der Waals surface area contributed by atoms with Crippen LogP contribution in [0.5, 0.6) is 0 Å². The van der Waals surface area contributed by atoms with E-state index in [2.05, 4.69) is 0 Å². The third-order valence-corrected chi connectivity index (χ3v) is 3.96. The molecule has 0 radical (unpaired) electrons. The average Bonchev–Trinajstić information content (AvgIpc) is 2.54. The number of hydrogen-bond acceptors (Lipinski definition) is 3. The number of nitrogens with zero attached hydrogens (tertiary/aromatic N) is 2. The first kappa shape index (κ1) is 17.2. The van der Waals surface area contributed by atoms with Crippen LogP contribution in [0.15, 0.2) is 48.5 Å². The van der Waals surface area contributed by atoms with Crippen molar-refractivity contribution in [3.05, 3.63) is 59.7 Å². The van der Waals surface area contributed by atoms with Gasteiger partial charge in [0.25, 0.3) is 6.43 Å². The molecular formula is C18H22F2N2O. The highest BCUT2D eigenvalue weighted by Gasteiger charge is 2.41. The van der Waals surface area contributed by atoms with Crippen molar-refractivity contribution in [3.63, 3.8) is 0 Å². The van der Waals surface area contributed by atoms with Crippen LogP contribution in [0.25, 0.3) is 0 Å². The van der Waals surface area contributed by atoms with Crippen molar-refractivity contribution in [2.45, 2.75) is 12.0 Å². The maximum absolute atomic E-state index is 13.7. The zero-order valence-corrected chi connectivity index (χ0v) is 13.8. The van der Waals surface area contributed by atoms with Crippen LogP contribution in [0.2, 0.25) is 0 Å². The van der Waals surface area contributed by atoms with Gasteiger partial charge in [0, 0.05) is 39.6 Å². The minimum absolute atomic E-state index is 0.177. The quantitative estimate of drug-likeness (QED) is 0.915. The van der Waals surface area contributed by atoms with E-state index in [0.717, 1.165) is 11.4 Å². The van der Waals surface area contributed by atoms with Crippen molar-refractivity contribution in [3.8, 4) is 0 Å². The van der Waals surface area contributed by atoms with E-state index in [1.54, 1.807) is 48.5 Å². The van der Waals surface area contributed by atoms with E-state index < -0.39 is 12.0 Å². The fourth-order valence-corrected chi connectivity index (χ4v) is 2.45. The van der Waals surface area contributed by atoms with Gasteiger partial charge in [-0.05, 0) is 35.4 Å². The molecule has 0 aliphatic rings. The second-order valence-corrected chi connectivity index (χ2v) is 5.95. The molecule has 0 atom stereocenters. The molecule has 0 aliphatic carbocycles. The van der Waals surface area contributed by atoms with Gasteiger partial charge >= 0.3 is 0 Å². The second kappa shape index (κ2) is 6.54. The molecule has 0 heterocycles. The highest BCUT2D eigenvalue weighted by Crippen LogP contribution is 2.37. The number of rotatable bonds is 5. The number of aliphatic hydroxyl groups is 1. The predicted molar refractivity (Wildman–Crippen MR) is 90.5 cm³/mol. The Morgan fingerprint density at radius 2 is 1.04 bits per heavy atom. The number of anilines is 2. The van der Waals surface area contributed by atoms with Gasteiger partial charge in [0.1, 0.15) is 0 Å². The zero-order valence-electron chi connectivity index (χ0n) is 13.8. The zero-order chi connectivity index (χ0) is 17.2. The molecule has 0 aliphatic heterocycles.